The molecule has 2 aromatic carbocycles. The maximum Gasteiger partial charge on any atom is 0.194 e. The Morgan fingerprint density at radius 3 is 2.42 bits per heavy atom. The molecule has 0 aliphatic carbocycles. The first-order chi connectivity index (χ1) is 12.8. The zero-order chi connectivity index (χ0) is 18.1. The van der Waals surface area contributed by atoms with Gasteiger partial charge in [0.15, 0.2) is 11.2 Å². The monoisotopic (exact) mass is 364 g/mol. The van der Waals surface area contributed by atoms with Crippen molar-refractivity contribution in [2.75, 3.05) is 14.2 Å². The fraction of sp³-hybridized carbons (Fsp3) is 0.100. The summed E-state index contributed by atoms with van der Waals surface area (Å²) in [5.41, 5.74) is 3.75. The van der Waals surface area contributed by atoms with E-state index in [9.17, 15) is 4.79 Å². The van der Waals surface area contributed by atoms with E-state index in [2.05, 4.69) is 4.98 Å². The van der Waals surface area contributed by atoms with Crippen LogP contribution < -0.4 is 9.47 Å². The number of benzene rings is 2. The number of carbonyl (C=O) groups excluding carboxylic acids is 1. The SMILES string of the molecule is COc1cc(-c2nc3sccn3c2C=O)c(OC)cc1-c1ccccc1. The van der Waals surface area contributed by atoms with E-state index in [-0.39, 0.29) is 0 Å². The average molecular weight is 364 g/mol. The highest BCUT2D eigenvalue weighted by atomic mass is 32.1. The number of methoxy groups -OCH3 is 2. The maximum absolute atomic E-state index is 11.7. The third-order valence-electron chi connectivity index (χ3n) is 4.27. The second kappa shape index (κ2) is 6.65. The molecule has 2 heterocycles. The third-order valence-corrected chi connectivity index (χ3v) is 5.03. The molecule has 6 heteroatoms. The molecule has 0 unspecified atom stereocenters. The Labute approximate surface area is 154 Å². The van der Waals surface area contributed by atoms with E-state index >= 15 is 0 Å². The molecule has 0 bridgehead atoms. The van der Waals surface area contributed by atoms with Gasteiger partial charge < -0.3 is 9.47 Å². The lowest BCUT2D eigenvalue weighted by Crippen LogP contribution is -1.96. The minimum absolute atomic E-state index is 0.495. The van der Waals surface area contributed by atoms with Gasteiger partial charge in [0.25, 0.3) is 0 Å². The van der Waals surface area contributed by atoms with Crippen molar-refractivity contribution in [3.8, 4) is 33.9 Å². The Kier molecular flexibility index (Phi) is 4.18. The summed E-state index contributed by atoms with van der Waals surface area (Å²) >= 11 is 1.48. The molecule has 0 aliphatic heterocycles. The molecule has 0 atom stereocenters. The van der Waals surface area contributed by atoms with E-state index in [1.807, 2.05) is 54.0 Å². The summed E-state index contributed by atoms with van der Waals surface area (Å²) in [7, 11) is 3.24. The van der Waals surface area contributed by atoms with Crippen molar-refractivity contribution < 1.29 is 14.3 Å². The van der Waals surface area contributed by atoms with Gasteiger partial charge in [0.05, 0.1) is 14.2 Å². The summed E-state index contributed by atoms with van der Waals surface area (Å²) in [5, 5.41) is 1.90. The molecule has 26 heavy (non-hydrogen) atoms. The zero-order valence-electron chi connectivity index (χ0n) is 14.3. The topological polar surface area (TPSA) is 52.8 Å². The van der Waals surface area contributed by atoms with Gasteiger partial charge in [-0.25, -0.2) is 4.98 Å². The van der Waals surface area contributed by atoms with Gasteiger partial charge in [-0.3, -0.25) is 9.20 Å². The van der Waals surface area contributed by atoms with Crippen LogP contribution in [0.1, 0.15) is 10.5 Å². The predicted octanol–water partition coefficient (Wildman–Crippen LogP) is 4.56. The Morgan fingerprint density at radius 1 is 1.04 bits per heavy atom. The summed E-state index contributed by atoms with van der Waals surface area (Å²) in [6, 6.07) is 13.7. The molecule has 130 valence electrons. The average Bonchev–Trinajstić information content (AvgIpc) is 3.28. The first-order valence-corrected chi connectivity index (χ1v) is 8.87. The standard InChI is InChI=1S/C20H16N2O3S/c1-24-17-11-15(19-16(12-23)22-8-9-26-20(22)21-19)18(25-2)10-14(17)13-6-4-3-5-7-13/h3-12H,1-2H3. The molecular formula is C20H16N2O3S. The van der Waals surface area contributed by atoms with Crippen LogP contribution in [0.4, 0.5) is 0 Å². The number of thiazole rings is 1. The molecule has 0 N–H and O–H groups in total. The summed E-state index contributed by atoms with van der Waals surface area (Å²) in [6.07, 6.45) is 2.65. The van der Waals surface area contributed by atoms with E-state index < -0.39 is 0 Å². The smallest absolute Gasteiger partial charge is 0.194 e. The molecule has 0 spiro atoms. The number of ether oxygens (including phenoxy) is 2. The Morgan fingerprint density at radius 2 is 1.73 bits per heavy atom. The van der Waals surface area contributed by atoms with Crippen molar-refractivity contribution in [1.29, 1.82) is 0 Å². The molecule has 4 aromatic rings. The van der Waals surface area contributed by atoms with Gasteiger partial charge in [-0.1, -0.05) is 30.3 Å². The molecule has 0 radical (unpaired) electrons. The van der Waals surface area contributed by atoms with Crippen LogP contribution in [-0.4, -0.2) is 29.9 Å². The van der Waals surface area contributed by atoms with Gasteiger partial charge in [0, 0.05) is 22.7 Å². The van der Waals surface area contributed by atoms with Crippen LogP contribution in [0.2, 0.25) is 0 Å². The molecule has 0 aliphatic rings. The van der Waals surface area contributed by atoms with Gasteiger partial charge in [-0.05, 0) is 17.7 Å². The number of fused-ring (bicyclic) bond motifs is 1. The number of aromatic nitrogens is 2. The normalized spacial score (nSPS) is 10.8. The molecule has 4 rings (SSSR count). The maximum atomic E-state index is 11.7. The third kappa shape index (κ3) is 2.55. The number of imidazole rings is 1. The molecule has 0 fully saturated rings. The van der Waals surface area contributed by atoms with Crippen LogP contribution >= 0.6 is 11.3 Å². The van der Waals surface area contributed by atoms with Crippen LogP contribution in [0.3, 0.4) is 0 Å². The lowest BCUT2D eigenvalue weighted by atomic mass is 9.99. The quantitative estimate of drug-likeness (QED) is 0.487. The number of carbonyl (C=O) groups is 1. The number of nitrogens with zero attached hydrogens (tertiary/aromatic N) is 2. The number of hydrogen-bond acceptors (Lipinski definition) is 5. The van der Waals surface area contributed by atoms with Crippen molar-refractivity contribution in [2.45, 2.75) is 0 Å². The fourth-order valence-electron chi connectivity index (χ4n) is 3.04. The Balaban J connectivity index is 1.96. The Bertz CT molecular complexity index is 1080. The van der Waals surface area contributed by atoms with Gasteiger partial charge in [-0.2, -0.15) is 0 Å². The van der Waals surface area contributed by atoms with Crippen LogP contribution in [-0.2, 0) is 0 Å². The lowest BCUT2D eigenvalue weighted by Gasteiger charge is -2.14. The summed E-state index contributed by atoms with van der Waals surface area (Å²) < 4.78 is 13.0. The van der Waals surface area contributed by atoms with E-state index in [0.29, 0.717) is 22.9 Å². The highest BCUT2D eigenvalue weighted by molar-refractivity contribution is 7.15. The second-order valence-corrected chi connectivity index (χ2v) is 6.51. The lowest BCUT2D eigenvalue weighted by molar-refractivity contribution is 0.111. The predicted molar refractivity (Wildman–Crippen MR) is 102 cm³/mol. The van der Waals surface area contributed by atoms with Crippen LogP contribution in [0.25, 0.3) is 27.3 Å². The molecule has 0 saturated heterocycles. The van der Waals surface area contributed by atoms with Crippen molar-refractivity contribution in [1.82, 2.24) is 9.38 Å². The highest BCUT2D eigenvalue weighted by Crippen LogP contribution is 2.41. The van der Waals surface area contributed by atoms with Crippen LogP contribution in [0, 0.1) is 0 Å². The van der Waals surface area contributed by atoms with Crippen molar-refractivity contribution in [2.24, 2.45) is 0 Å². The van der Waals surface area contributed by atoms with Gasteiger partial charge in [0.2, 0.25) is 0 Å². The summed E-state index contributed by atoms with van der Waals surface area (Å²) in [5.74, 6) is 1.33. The molecular weight excluding hydrogens is 348 g/mol. The summed E-state index contributed by atoms with van der Waals surface area (Å²) in [4.78, 5) is 17.1. The first-order valence-electron chi connectivity index (χ1n) is 7.99. The van der Waals surface area contributed by atoms with Crippen molar-refractivity contribution >= 4 is 22.6 Å². The fourth-order valence-corrected chi connectivity index (χ4v) is 3.76. The van der Waals surface area contributed by atoms with Crippen LogP contribution in [0.5, 0.6) is 11.5 Å². The van der Waals surface area contributed by atoms with E-state index in [1.165, 1.54) is 11.3 Å². The van der Waals surface area contributed by atoms with Gasteiger partial charge in [0.1, 0.15) is 22.9 Å². The molecule has 0 amide bonds. The van der Waals surface area contributed by atoms with E-state index in [4.69, 9.17) is 9.47 Å². The van der Waals surface area contributed by atoms with Gasteiger partial charge in [-0.15, -0.1) is 11.3 Å². The number of hydrogen-bond donors (Lipinski definition) is 0. The zero-order valence-corrected chi connectivity index (χ0v) is 15.1. The summed E-state index contributed by atoms with van der Waals surface area (Å²) in [6.45, 7) is 0. The largest absolute Gasteiger partial charge is 0.496 e. The second-order valence-electron chi connectivity index (χ2n) is 5.64. The van der Waals surface area contributed by atoms with Gasteiger partial charge >= 0.3 is 0 Å². The first kappa shape index (κ1) is 16.4. The minimum Gasteiger partial charge on any atom is -0.496 e. The minimum atomic E-state index is 0.495. The Hall–Kier alpha value is -3.12. The highest BCUT2D eigenvalue weighted by Gasteiger charge is 2.21. The van der Waals surface area contributed by atoms with E-state index in [1.54, 1.807) is 18.6 Å². The van der Waals surface area contributed by atoms with Crippen molar-refractivity contribution in [3.05, 3.63) is 59.7 Å². The van der Waals surface area contributed by atoms with Crippen molar-refractivity contribution in [3.63, 3.8) is 0 Å². The molecule has 0 saturated carbocycles. The number of rotatable bonds is 5. The number of aldehydes is 1. The molecule has 5 nitrogen and oxygen atoms in total. The van der Waals surface area contributed by atoms with E-state index in [0.717, 1.165) is 27.9 Å². The molecule has 2 aromatic heterocycles. The van der Waals surface area contributed by atoms with Crippen LogP contribution in [0.15, 0.2) is 54.0 Å².